The number of amides is 2. The Morgan fingerprint density at radius 1 is 1.17 bits per heavy atom. The summed E-state index contributed by atoms with van der Waals surface area (Å²) in [5, 5.41) is 11.8. The average molecular weight is 319 g/mol. The highest BCUT2D eigenvalue weighted by atomic mass is 16.4. The van der Waals surface area contributed by atoms with Gasteiger partial charge in [0.2, 0.25) is 0 Å². The van der Waals surface area contributed by atoms with E-state index in [-0.39, 0.29) is 17.6 Å². The van der Waals surface area contributed by atoms with Crippen molar-refractivity contribution >= 4 is 12.0 Å². The van der Waals surface area contributed by atoms with Crippen molar-refractivity contribution in [1.82, 2.24) is 15.1 Å². The SMILES string of the molecule is CCN1CC(C)N(C(=O)NCc2ccc(C(=O)O)cc2)CC1C. The van der Waals surface area contributed by atoms with E-state index in [1.807, 2.05) is 4.90 Å². The number of carbonyl (C=O) groups is 2. The highest BCUT2D eigenvalue weighted by Crippen LogP contribution is 2.15. The van der Waals surface area contributed by atoms with Crippen molar-refractivity contribution in [2.75, 3.05) is 19.6 Å². The summed E-state index contributed by atoms with van der Waals surface area (Å²) in [7, 11) is 0. The van der Waals surface area contributed by atoms with Gasteiger partial charge in [0.25, 0.3) is 0 Å². The Bertz CT molecular complexity index is 559. The standard InChI is InChI=1S/C17H25N3O3/c1-4-19-10-13(3)20(11-12(19)2)17(23)18-9-14-5-7-15(8-6-14)16(21)22/h5-8,12-13H,4,9-11H2,1-3H3,(H,18,23)(H,21,22). The highest BCUT2D eigenvalue weighted by Gasteiger charge is 2.30. The zero-order chi connectivity index (χ0) is 17.0. The molecule has 1 aromatic rings. The molecule has 2 unspecified atom stereocenters. The molecular weight excluding hydrogens is 294 g/mol. The number of nitrogens with zero attached hydrogens (tertiary/aromatic N) is 2. The van der Waals surface area contributed by atoms with Crippen LogP contribution in [-0.4, -0.2) is 58.6 Å². The van der Waals surface area contributed by atoms with Crippen LogP contribution in [0.2, 0.25) is 0 Å². The first kappa shape index (κ1) is 17.3. The van der Waals surface area contributed by atoms with Crippen LogP contribution in [0.1, 0.15) is 36.7 Å². The third-order valence-electron chi connectivity index (χ3n) is 4.43. The number of rotatable bonds is 4. The molecule has 1 fully saturated rings. The average Bonchev–Trinajstić information content (AvgIpc) is 2.54. The van der Waals surface area contributed by atoms with Gasteiger partial charge < -0.3 is 15.3 Å². The van der Waals surface area contributed by atoms with Crippen molar-refractivity contribution in [1.29, 1.82) is 0 Å². The van der Waals surface area contributed by atoms with Crippen LogP contribution in [0.15, 0.2) is 24.3 Å². The van der Waals surface area contributed by atoms with Crippen molar-refractivity contribution < 1.29 is 14.7 Å². The molecule has 1 aromatic carbocycles. The van der Waals surface area contributed by atoms with E-state index in [1.54, 1.807) is 24.3 Å². The molecule has 6 nitrogen and oxygen atoms in total. The van der Waals surface area contributed by atoms with Crippen LogP contribution in [0, 0.1) is 0 Å². The number of aromatic carboxylic acids is 1. The number of carbonyl (C=O) groups excluding carboxylic acids is 1. The molecule has 0 saturated carbocycles. The number of hydrogen-bond donors (Lipinski definition) is 2. The Labute approximate surface area is 137 Å². The molecule has 1 saturated heterocycles. The van der Waals surface area contributed by atoms with Gasteiger partial charge in [-0.15, -0.1) is 0 Å². The fourth-order valence-electron chi connectivity index (χ4n) is 2.97. The minimum Gasteiger partial charge on any atom is -0.478 e. The molecular formula is C17H25N3O3. The Balaban J connectivity index is 1.90. The molecule has 0 radical (unpaired) electrons. The number of nitrogens with one attached hydrogen (secondary N) is 1. The van der Waals surface area contributed by atoms with Crippen LogP contribution >= 0.6 is 0 Å². The molecule has 1 aliphatic heterocycles. The minimum absolute atomic E-state index is 0.0672. The van der Waals surface area contributed by atoms with Gasteiger partial charge in [-0.2, -0.15) is 0 Å². The molecule has 23 heavy (non-hydrogen) atoms. The molecule has 0 bridgehead atoms. The number of likely N-dealkylation sites (N-methyl/N-ethyl adjacent to an activating group) is 1. The number of urea groups is 1. The van der Waals surface area contributed by atoms with Crippen LogP contribution in [-0.2, 0) is 6.54 Å². The Hall–Kier alpha value is -2.08. The predicted molar refractivity (Wildman–Crippen MR) is 88.5 cm³/mol. The molecule has 2 atom stereocenters. The van der Waals surface area contributed by atoms with Crippen molar-refractivity contribution in [3.05, 3.63) is 35.4 Å². The summed E-state index contributed by atoms with van der Waals surface area (Å²) in [4.78, 5) is 27.5. The van der Waals surface area contributed by atoms with Gasteiger partial charge in [0.15, 0.2) is 0 Å². The van der Waals surface area contributed by atoms with Gasteiger partial charge in [-0.1, -0.05) is 19.1 Å². The number of carboxylic acid groups (broad SMARTS) is 1. The van der Waals surface area contributed by atoms with Crippen LogP contribution in [0.3, 0.4) is 0 Å². The second kappa shape index (κ2) is 7.46. The third-order valence-corrected chi connectivity index (χ3v) is 4.43. The molecule has 0 aromatic heterocycles. The van der Waals surface area contributed by atoms with Crippen molar-refractivity contribution in [3.8, 4) is 0 Å². The van der Waals surface area contributed by atoms with Crippen LogP contribution < -0.4 is 5.32 Å². The second-order valence-corrected chi connectivity index (χ2v) is 6.10. The monoisotopic (exact) mass is 319 g/mol. The van der Waals surface area contributed by atoms with Gasteiger partial charge in [0.05, 0.1) is 5.56 Å². The molecule has 1 aliphatic rings. The predicted octanol–water partition coefficient (Wildman–Crippen LogP) is 2.01. The smallest absolute Gasteiger partial charge is 0.335 e. The molecule has 6 heteroatoms. The summed E-state index contributed by atoms with van der Waals surface area (Å²) in [5.41, 5.74) is 1.13. The maximum Gasteiger partial charge on any atom is 0.335 e. The summed E-state index contributed by atoms with van der Waals surface area (Å²) in [6, 6.07) is 7.03. The quantitative estimate of drug-likeness (QED) is 0.890. The summed E-state index contributed by atoms with van der Waals surface area (Å²) in [6.07, 6.45) is 0. The maximum atomic E-state index is 12.4. The maximum absolute atomic E-state index is 12.4. The van der Waals surface area contributed by atoms with Crippen molar-refractivity contribution in [2.45, 2.75) is 39.4 Å². The van der Waals surface area contributed by atoms with Gasteiger partial charge in [0, 0.05) is 31.7 Å². The first-order valence-corrected chi connectivity index (χ1v) is 8.03. The number of piperazine rings is 1. The normalized spacial score (nSPS) is 22.0. The molecule has 2 rings (SSSR count). The van der Waals surface area contributed by atoms with E-state index in [0.717, 1.165) is 25.2 Å². The summed E-state index contributed by atoms with van der Waals surface area (Å²) < 4.78 is 0. The molecule has 0 aliphatic carbocycles. The third kappa shape index (κ3) is 4.22. The zero-order valence-electron chi connectivity index (χ0n) is 14.0. The fourth-order valence-corrected chi connectivity index (χ4v) is 2.97. The first-order valence-electron chi connectivity index (χ1n) is 8.03. The van der Waals surface area contributed by atoms with E-state index < -0.39 is 5.97 Å². The van der Waals surface area contributed by atoms with E-state index in [9.17, 15) is 9.59 Å². The van der Waals surface area contributed by atoms with Gasteiger partial charge in [-0.3, -0.25) is 4.90 Å². The molecule has 2 amide bonds. The first-order chi connectivity index (χ1) is 10.9. The Morgan fingerprint density at radius 2 is 1.83 bits per heavy atom. The van der Waals surface area contributed by atoms with Gasteiger partial charge in [-0.05, 0) is 38.1 Å². The van der Waals surface area contributed by atoms with E-state index in [2.05, 4.69) is 31.0 Å². The van der Waals surface area contributed by atoms with Crippen LogP contribution in [0.5, 0.6) is 0 Å². The molecule has 126 valence electrons. The van der Waals surface area contributed by atoms with Gasteiger partial charge >= 0.3 is 12.0 Å². The number of carboxylic acids is 1. The van der Waals surface area contributed by atoms with Crippen LogP contribution in [0.25, 0.3) is 0 Å². The van der Waals surface area contributed by atoms with Gasteiger partial charge in [0.1, 0.15) is 0 Å². The summed E-state index contributed by atoms with van der Waals surface area (Å²) in [6.45, 7) is 9.34. The van der Waals surface area contributed by atoms with Crippen molar-refractivity contribution in [3.63, 3.8) is 0 Å². The van der Waals surface area contributed by atoms with E-state index in [1.165, 1.54) is 0 Å². The Kier molecular flexibility index (Phi) is 5.60. The molecule has 2 N–H and O–H groups in total. The lowest BCUT2D eigenvalue weighted by Gasteiger charge is -2.43. The number of hydrogen-bond acceptors (Lipinski definition) is 3. The topological polar surface area (TPSA) is 72.9 Å². The fraction of sp³-hybridized carbons (Fsp3) is 0.529. The van der Waals surface area contributed by atoms with E-state index >= 15 is 0 Å². The lowest BCUT2D eigenvalue weighted by Crippen LogP contribution is -2.59. The second-order valence-electron chi connectivity index (χ2n) is 6.10. The lowest BCUT2D eigenvalue weighted by molar-refractivity contribution is 0.0668. The lowest BCUT2D eigenvalue weighted by atomic mass is 10.1. The minimum atomic E-state index is -0.947. The van der Waals surface area contributed by atoms with E-state index in [4.69, 9.17) is 5.11 Å². The largest absolute Gasteiger partial charge is 0.478 e. The molecule has 0 spiro atoms. The Morgan fingerprint density at radius 3 is 2.39 bits per heavy atom. The highest BCUT2D eigenvalue weighted by molar-refractivity contribution is 5.87. The summed E-state index contributed by atoms with van der Waals surface area (Å²) >= 11 is 0. The molecule has 1 heterocycles. The van der Waals surface area contributed by atoms with Crippen molar-refractivity contribution in [2.24, 2.45) is 0 Å². The number of benzene rings is 1. The van der Waals surface area contributed by atoms with Crippen LogP contribution in [0.4, 0.5) is 4.79 Å². The summed E-state index contributed by atoms with van der Waals surface area (Å²) in [5.74, 6) is -0.947. The zero-order valence-corrected chi connectivity index (χ0v) is 14.0. The van der Waals surface area contributed by atoms with E-state index in [0.29, 0.717) is 12.6 Å². The van der Waals surface area contributed by atoms with Gasteiger partial charge in [-0.25, -0.2) is 9.59 Å².